The van der Waals surface area contributed by atoms with Crippen LogP contribution in [0.1, 0.15) is 4.88 Å². The van der Waals surface area contributed by atoms with Crippen molar-refractivity contribution in [2.75, 3.05) is 12.3 Å². The third-order valence-electron chi connectivity index (χ3n) is 2.40. The summed E-state index contributed by atoms with van der Waals surface area (Å²) in [5, 5.41) is 3.81. The van der Waals surface area contributed by atoms with Gasteiger partial charge in [0.05, 0.1) is 4.34 Å². The molecule has 0 aliphatic heterocycles. The number of rotatable bonds is 5. The molecule has 0 atom stereocenters. The van der Waals surface area contributed by atoms with Crippen molar-refractivity contribution < 1.29 is 8.42 Å². The first-order chi connectivity index (χ1) is 8.88. The fourth-order valence-corrected chi connectivity index (χ4v) is 3.78. The lowest BCUT2D eigenvalue weighted by Crippen LogP contribution is -2.26. The van der Waals surface area contributed by atoms with E-state index in [4.69, 9.17) is 17.3 Å². The molecule has 2 aromatic heterocycles. The summed E-state index contributed by atoms with van der Waals surface area (Å²) in [6.07, 6.45) is 1.95. The molecule has 2 aromatic rings. The van der Waals surface area contributed by atoms with E-state index in [9.17, 15) is 8.42 Å². The Labute approximate surface area is 120 Å². The Kier molecular flexibility index (Phi) is 4.14. The van der Waals surface area contributed by atoms with Crippen molar-refractivity contribution in [2.24, 2.45) is 7.05 Å². The summed E-state index contributed by atoms with van der Waals surface area (Å²) in [4.78, 5) is 1.02. The summed E-state index contributed by atoms with van der Waals surface area (Å²) in [6, 6.07) is 3.66. The molecule has 0 amide bonds. The Bertz CT molecular complexity index is 678. The van der Waals surface area contributed by atoms with Crippen LogP contribution in [0.5, 0.6) is 0 Å². The highest BCUT2D eigenvalue weighted by atomic mass is 35.5. The third kappa shape index (κ3) is 3.47. The van der Waals surface area contributed by atoms with E-state index in [1.165, 1.54) is 22.2 Å². The number of nitrogens with one attached hydrogen (secondary N) is 1. The van der Waals surface area contributed by atoms with E-state index in [-0.39, 0.29) is 17.3 Å². The quantitative estimate of drug-likeness (QED) is 0.867. The summed E-state index contributed by atoms with van der Waals surface area (Å²) in [6.45, 7) is 0.285. The van der Waals surface area contributed by atoms with Crippen LogP contribution in [0.3, 0.4) is 0 Å². The largest absolute Gasteiger partial charge is 0.381 e. The van der Waals surface area contributed by atoms with Crippen molar-refractivity contribution >= 4 is 38.8 Å². The van der Waals surface area contributed by atoms with Gasteiger partial charge in [-0.25, -0.2) is 13.1 Å². The number of nitrogens with zero attached hydrogens (tertiary/aromatic N) is 2. The van der Waals surface area contributed by atoms with E-state index in [1.54, 1.807) is 13.1 Å². The second kappa shape index (κ2) is 5.49. The van der Waals surface area contributed by atoms with Crippen LogP contribution < -0.4 is 10.5 Å². The van der Waals surface area contributed by atoms with Gasteiger partial charge in [-0.2, -0.15) is 5.10 Å². The lowest BCUT2D eigenvalue weighted by Gasteiger charge is -2.04. The van der Waals surface area contributed by atoms with Crippen LogP contribution >= 0.6 is 22.9 Å². The maximum absolute atomic E-state index is 12.0. The minimum atomic E-state index is -3.62. The van der Waals surface area contributed by atoms with Gasteiger partial charge in [0.1, 0.15) is 4.90 Å². The molecule has 0 radical (unpaired) electrons. The van der Waals surface area contributed by atoms with Gasteiger partial charge in [-0.3, -0.25) is 4.68 Å². The van der Waals surface area contributed by atoms with E-state index in [0.29, 0.717) is 10.8 Å². The minimum absolute atomic E-state index is 0.000730. The highest BCUT2D eigenvalue weighted by Crippen LogP contribution is 2.21. The molecule has 104 valence electrons. The molecule has 19 heavy (non-hydrogen) atoms. The molecule has 0 fully saturated rings. The van der Waals surface area contributed by atoms with E-state index < -0.39 is 10.0 Å². The van der Waals surface area contributed by atoms with E-state index >= 15 is 0 Å². The number of hydrogen-bond donors (Lipinski definition) is 2. The zero-order valence-electron chi connectivity index (χ0n) is 10.1. The van der Waals surface area contributed by atoms with Gasteiger partial charge < -0.3 is 5.73 Å². The second-order valence-electron chi connectivity index (χ2n) is 3.91. The maximum Gasteiger partial charge on any atom is 0.245 e. The minimum Gasteiger partial charge on any atom is -0.381 e. The first-order valence-electron chi connectivity index (χ1n) is 5.41. The summed E-state index contributed by atoms with van der Waals surface area (Å²) >= 11 is 7.23. The van der Waals surface area contributed by atoms with E-state index in [1.807, 2.05) is 6.07 Å². The molecule has 2 heterocycles. The van der Waals surface area contributed by atoms with Crippen LogP contribution in [0.15, 0.2) is 23.2 Å². The highest BCUT2D eigenvalue weighted by molar-refractivity contribution is 7.89. The Morgan fingerprint density at radius 2 is 2.26 bits per heavy atom. The predicted molar refractivity (Wildman–Crippen MR) is 75.8 cm³/mol. The van der Waals surface area contributed by atoms with Gasteiger partial charge in [0.25, 0.3) is 0 Å². The van der Waals surface area contributed by atoms with Gasteiger partial charge in [0.15, 0.2) is 5.82 Å². The van der Waals surface area contributed by atoms with Gasteiger partial charge in [-0.15, -0.1) is 11.3 Å². The molecule has 3 N–H and O–H groups in total. The Hall–Kier alpha value is -1.09. The van der Waals surface area contributed by atoms with Crippen LogP contribution in [0.4, 0.5) is 5.82 Å². The lowest BCUT2D eigenvalue weighted by atomic mass is 10.3. The fraction of sp³-hybridized carbons (Fsp3) is 0.300. The normalized spacial score (nSPS) is 11.9. The number of aromatic nitrogens is 2. The molecule has 9 heteroatoms. The van der Waals surface area contributed by atoms with Crippen molar-refractivity contribution in [1.82, 2.24) is 14.5 Å². The fourth-order valence-electron chi connectivity index (χ4n) is 1.56. The number of thiophene rings is 1. The van der Waals surface area contributed by atoms with Crippen LogP contribution in [-0.4, -0.2) is 24.7 Å². The average molecular weight is 321 g/mol. The molecular weight excluding hydrogens is 308 g/mol. The molecule has 0 saturated carbocycles. The molecule has 0 aliphatic carbocycles. The number of sulfonamides is 1. The summed E-state index contributed by atoms with van der Waals surface area (Å²) in [5.74, 6) is -0.00540. The van der Waals surface area contributed by atoms with Crippen LogP contribution in [0.2, 0.25) is 4.34 Å². The molecule has 0 unspecified atom stereocenters. The van der Waals surface area contributed by atoms with Gasteiger partial charge in [-0.05, 0) is 18.6 Å². The van der Waals surface area contributed by atoms with E-state index in [2.05, 4.69) is 9.82 Å². The summed E-state index contributed by atoms with van der Waals surface area (Å²) < 4.78 is 28.5. The van der Waals surface area contributed by atoms with Crippen LogP contribution in [0.25, 0.3) is 0 Å². The molecule has 6 nitrogen and oxygen atoms in total. The summed E-state index contributed by atoms with van der Waals surface area (Å²) in [5.41, 5.74) is 5.55. The first kappa shape index (κ1) is 14.3. The van der Waals surface area contributed by atoms with Crippen LogP contribution in [0, 0.1) is 0 Å². The summed E-state index contributed by atoms with van der Waals surface area (Å²) in [7, 11) is -2.01. The van der Waals surface area contributed by atoms with Crippen molar-refractivity contribution in [3.05, 3.63) is 27.5 Å². The maximum atomic E-state index is 12.0. The van der Waals surface area contributed by atoms with Gasteiger partial charge in [0.2, 0.25) is 10.0 Å². The SMILES string of the molecule is Cn1cc(S(=O)(=O)NCCc2ccc(Cl)s2)c(N)n1. The molecule has 0 saturated heterocycles. The topological polar surface area (TPSA) is 90.0 Å². The molecular formula is C10H13ClN4O2S2. The van der Waals surface area contributed by atoms with Gasteiger partial charge in [-0.1, -0.05) is 11.6 Å². The van der Waals surface area contributed by atoms with Crippen molar-refractivity contribution in [2.45, 2.75) is 11.3 Å². The number of hydrogen-bond acceptors (Lipinski definition) is 5. The Balaban J connectivity index is 2.00. The number of anilines is 1. The molecule has 0 bridgehead atoms. The zero-order chi connectivity index (χ0) is 14.0. The monoisotopic (exact) mass is 320 g/mol. The molecule has 0 aliphatic rings. The van der Waals surface area contributed by atoms with Crippen LogP contribution in [-0.2, 0) is 23.5 Å². The van der Waals surface area contributed by atoms with Crippen molar-refractivity contribution in [3.63, 3.8) is 0 Å². The third-order valence-corrected chi connectivity index (χ3v) is 5.17. The number of nitrogen functional groups attached to an aromatic ring is 1. The van der Waals surface area contributed by atoms with Crippen molar-refractivity contribution in [1.29, 1.82) is 0 Å². The molecule has 0 spiro atoms. The number of halogens is 1. The second-order valence-corrected chi connectivity index (χ2v) is 7.44. The molecule has 2 rings (SSSR count). The number of nitrogens with two attached hydrogens (primary N) is 1. The van der Waals surface area contributed by atoms with E-state index in [0.717, 1.165) is 4.88 Å². The molecule has 0 aromatic carbocycles. The first-order valence-corrected chi connectivity index (χ1v) is 8.09. The smallest absolute Gasteiger partial charge is 0.245 e. The average Bonchev–Trinajstić information content (AvgIpc) is 2.85. The highest BCUT2D eigenvalue weighted by Gasteiger charge is 2.19. The number of aryl methyl sites for hydroxylation is 1. The lowest BCUT2D eigenvalue weighted by molar-refractivity contribution is 0.582. The Morgan fingerprint density at radius 1 is 1.53 bits per heavy atom. The van der Waals surface area contributed by atoms with Gasteiger partial charge >= 0.3 is 0 Å². The van der Waals surface area contributed by atoms with Gasteiger partial charge in [0, 0.05) is 24.7 Å². The Morgan fingerprint density at radius 3 is 2.79 bits per heavy atom. The zero-order valence-corrected chi connectivity index (χ0v) is 12.5. The van der Waals surface area contributed by atoms with Crippen molar-refractivity contribution in [3.8, 4) is 0 Å². The predicted octanol–water partition coefficient (Wildman–Crippen LogP) is 1.24. The standard InChI is InChI=1S/C10H13ClN4O2S2/c1-15-6-8(10(12)14-15)19(16,17)13-5-4-7-2-3-9(11)18-7/h2-3,6,13H,4-5H2,1H3,(H2,12,14).